The van der Waals surface area contributed by atoms with Crippen LogP contribution in [0.1, 0.15) is 26.3 Å². The van der Waals surface area contributed by atoms with Crippen LogP contribution in [0.5, 0.6) is 0 Å². The number of hydrogen-bond acceptors (Lipinski definition) is 4. The fourth-order valence-corrected chi connectivity index (χ4v) is 2.75. The minimum absolute atomic E-state index is 0.0576. The molecular formula is C22H27N5O. The zero-order valence-electron chi connectivity index (χ0n) is 16.6. The highest BCUT2D eigenvalue weighted by molar-refractivity contribution is 5.81. The lowest BCUT2D eigenvalue weighted by molar-refractivity contribution is -0.128. The molecule has 3 aromatic rings. The maximum absolute atomic E-state index is 11.9. The van der Waals surface area contributed by atoms with Crippen molar-refractivity contribution in [3.05, 3.63) is 66.6 Å². The number of pyridine rings is 1. The SMILES string of the molecule is CC(C)(C)C(=O)NCCNCc1cn(-c2ccccc2)nc1-c1cccnc1. The highest BCUT2D eigenvalue weighted by Crippen LogP contribution is 2.23. The molecule has 0 aliphatic rings. The Hall–Kier alpha value is -2.99. The summed E-state index contributed by atoms with van der Waals surface area (Å²) in [4.78, 5) is 16.2. The average Bonchev–Trinajstić information content (AvgIpc) is 3.12. The van der Waals surface area contributed by atoms with Crippen LogP contribution in [0.15, 0.2) is 61.1 Å². The van der Waals surface area contributed by atoms with Crippen LogP contribution in [0.3, 0.4) is 0 Å². The van der Waals surface area contributed by atoms with Gasteiger partial charge in [-0.2, -0.15) is 5.10 Å². The fourth-order valence-electron chi connectivity index (χ4n) is 2.75. The number of para-hydroxylation sites is 1. The van der Waals surface area contributed by atoms with Crippen molar-refractivity contribution < 1.29 is 4.79 Å². The van der Waals surface area contributed by atoms with E-state index in [0.29, 0.717) is 19.6 Å². The van der Waals surface area contributed by atoms with Crippen molar-refractivity contribution >= 4 is 5.91 Å². The molecular weight excluding hydrogens is 350 g/mol. The summed E-state index contributed by atoms with van der Waals surface area (Å²) in [5.41, 5.74) is 3.61. The molecule has 2 aromatic heterocycles. The quantitative estimate of drug-likeness (QED) is 0.620. The van der Waals surface area contributed by atoms with Gasteiger partial charge >= 0.3 is 0 Å². The van der Waals surface area contributed by atoms with Crippen LogP contribution in [0, 0.1) is 5.41 Å². The number of carbonyl (C=O) groups excluding carboxylic acids is 1. The Morgan fingerprint density at radius 1 is 1.07 bits per heavy atom. The molecule has 146 valence electrons. The normalized spacial score (nSPS) is 11.4. The monoisotopic (exact) mass is 377 g/mol. The minimum atomic E-state index is -0.371. The summed E-state index contributed by atoms with van der Waals surface area (Å²) < 4.78 is 1.89. The van der Waals surface area contributed by atoms with E-state index in [0.717, 1.165) is 22.5 Å². The van der Waals surface area contributed by atoms with Gasteiger partial charge in [0, 0.05) is 54.8 Å². The molecule has 2 N–H and O–H groups in total. The van der Waals surface area contributed by atoms with Crippen LogP contribution in [-0.2, 0) is 11.3 Å². The van der Waals surface area contributed by atoms with E-state index in [1.807, 2.05) is 80.3 Å². The smallest absolute Gasteiger partial charge is 0.225 e. The van der Waals surface area contributed by atoms with Crippen molar-refractivity contribution in [3.8, 4) is 16.9 Å². The maximum Gasteiger partial charge on any atom is 0.225 e. The second-order valence-corrected chi connectivity index (χ2v) is 7.71. The second-order valence-electron chi connectivity index (χ2n) is 7.71. The van der Waals surface area contributed by atoms with Crippen LogP contribution in [-0.4, -0.2) is 33.8 Å². The third-order valence-corrected chi connectivity index (χ3v) is 4.33. The third kappa shape index (κ3) is 5.04. The van der Waals surface area contributed by atoms with E-state index in [2.05, 4.69) is 15.6 Å². The molecule has 2 heterocycles. The summed E-state index contributed by atoms with van der Waals surface area (Å²) in [6, 6.07) is 14.0. The molecule has 1 amide bonds. The zero-order chi connectivity index (χ0) is 20.0. The number of nitrogens with one attached hydrogen (secondary N) is 2. The Labute approximate surface area is 166 Å². The van der Waals surface area contributed by atoms with E-state index < -0.39 is 0 Å². The van der Waals surface area contributed by atoms with E-state index >= 15 is 0 Å². The standard InChI is InChI=1S/C22H27N5O/c1-22(2,3)21(28)25-13-12-24-15-18-16-27(19-9-5-4-6-10-19)26-20(18)17-8-7-11-23-14-17/h4-11,14,16,24H,12-13,15H2,1-3H3,(H,25,28). The molecule has 0 bridgehead atoms. The maximum atomic E-state index is 11.9. The number of benzene rings is 1. The van der Waals surface area contributed by atoms with Gasteiger partial charge in [0.1, 0.15) is 0 Å². The van der Waals surface area contributed by atoms with Crippen molar-refractivity contribution in [1.29, 1.82) is 0 Å². The zero-order valence-corrected chi connectivity index (χ0v) is 16.6. The molecule has 0 unspecified atom stereocenters. The minimum Gasteiger partial charge on any atom is -0.354 e. The lowest BCUT2D eigenvalue weighted by atomic mass is 9.96. The number of hydrogen-bond donors (Lipinski definition) is 2. The van der Waals surface area contributed by atoms with Crippen molar-refractivity contribution in [2.24, 2.45) is 5.41 Å². The van der Waals surface area contributed by atoms with Crippen molar-refractivity contribution in [1.82, 2.24) is 25.4 Å². The Bertz CT molecular complexity index is 898. The fraction of sp³-hybridized carbons (Fsp3) is 0.318. The molecule has 0 fully saturated rings. The van der Waals surface area contributed by atoms with Crippen LogP contribution in [0.2, 0.25) is 0 Å². The van der Waals surface area contributed by atoms with Crippen molar-refractivity contribution in [2.75, 3.05) is 13.1 Å². The van der Waals surface area contributed by atoms with E-state index in [4.69, 9.17) is 5.10 Å². The molecule has 0 aliphatic heterocycles. The van der Waals surface area contributed by atoms with Gasteiger partial charge in [0.2, 0.25) is 5.91 Å². The molecule has 3 rings (SSSR count). The predicted octanol–water partition coefficient (Wildman–Crippen LogP) is 3.19. The third-order valence-electron chi connectivity index (χ3n) is 4.33. The summed E-state index contributed by atoms with van der Waals surface area (Å²) >= 11 is 0. The lowest BCUT2D eigenvalue weighted by Crippen LogP contribution is -2.38. The number of nitrogens with zero attached hydrogens (tertiary/aromatic N) is 3. The molecule has 6 heteroatoms. The lowest BCUT2D eigenvalue weighted by Gasteiger charge is -2.17. The molecule has 1 aromatic carbocycles. The highest BCUT2D eigenvalue weighted by atomic mass is 16.2. The summed E-state index contributed by atoms with van der Waals surface area (Å²) in [6.45, 7) is 7.66. The van der Waals surface area contributed by atoms with Crippen LogP contribution in [0.4, 0.5) is 0 Å². The first-order chi connectivity index (χ1) is 13.4. The summed E-state index contributed by atoms with van der Waals surface area (Å²) in [7, 11) is 0. The van der Waals surface area contributed by atoms with Gasteiger partial charge in [-0.15, -0.1) is 0 Å². The molecule has 0 spiro atoms. The topological polar surface area (TPSA) is 71.8 Å². The van der Waals surface area contributed by atoms with E-state index in [1.54, 1.807) is 6.20 Å². The molecule has 0 aliphatic carbocycles. The molecule has 6 nitrogen and oxygen atoms in total. The van der Waals surface area contributed by atoms with Gasteiger partial charge in [-0.05, 0) is 24.3 Å². The molecule has 0 saturated carbocycles. The van der Waals surface area contributed by atoms with E-state index in [9.17, 15) is 4.79 Å². The Morgan fingerprint density at radius 3 is 2.54 bits per heavy atom. The number of rotatable bonds is 7. The first-order valence-electron chi connectivity index (χ1n) is 9.48. The Kier molecular flexibility index (Phi) is 6.21. The van der Waals surface area contributed by atoms with Crippen LogP contribution < -0.4 is 10.6 Å². The Balaban J connectivity index is 1.69. The van der Waals surface area contributed by atoms with Crippen LogP contribution in [0.25, 0.3) is 16.9 Å². The first-order valence-corrected chi connectivity index (χ1v) is 9.48. The molecule has 0 radical (unpaired) electrons. The molecule has 28 heavy (non-hydrogen) atoms. The first kappa shape index (κ1) is 19.8. The van der Waals surface area contributed by atoms with Crippen molar-refractivity contribution in [3.63, 3.8) is 0 Å². The molecule has 0 atom stereocenters. The molecule has 0 saturated heterocycles. The largest absolute Gasteiger partial charge is 0.354 e. The van der Waals surface area contributed by atoms with Gasteiger partial charge in [0.25, 0.3) is 0 Å². The number of aromatic nitrogens is 3. The van der Waals surface area contributed by atoms with Gasteiger partial charge in [0.15, 0.2) is 0 Å². The van der Waals surface area contributed by atoms with Gasteiger partial charge in [-0.3, -0.25) is 9.78 Å². The second kappa shape index (κ2) is 8.80. The predicted molar refractivity (Wildman–Crippen MR) is 111 cm³/mol. The number of carbonyl (C=O) groups is 1. The number of amides is 1. The van der Waals surface area contributed by atoms with Crippen molar-refractivity contribution in [2.45, 2.75) is 27.3 Å². The Morgan fingerprint density at radius 2 is 1.86 bits per heavy atom. The van der Waals surface area contributed by atoms with E-state index in [-0.39, 0.29) is 11.3 Å². The average molecular weight is 377 g/mol. The summed E-state index contributed by atoms with van der Waals surface area (Å²) in [6.07, 6.45) is 5.62. The summed E-state index contributed by atoms with van der Waals surface area (Å²) in [5, 5.41) is 11.1. The highest BCUT2D eigenvalue weighted by Gasteiger charge is 2.20. The summed E-state index contributed by atoms with van der Waals surface area (Å²) in [5.74, 6) is 0.0576. The van der Waals surface area contributed by atoms with E-state index in [1.165, 1.54) is 0 Å². The van der Waals surface area contributed by atoms with Gasteiger partial charge < -0.3 is 10.6 Å². The van der Waals surface area contributed by atoms with Crippen LogP contribution >= 0.6 is 0 Å². The van der Waals surface area contributed by atoms with Gasteiger partial charge in [-0.1, -0.05) is 39.0 Å². The van der Waals surface area contributed by atoms with Gasteiger partial charge in [0.05, 0.1) is 11.4 Å². The van der Waals surface area contributed by atoms with Gasteiger partial charge in [-0.25, -0.2) is 4.68 Å².